The lowest BCUT2D eigenvalue weighted by molar-refractivity contribution is 0.363. The van der Waals surface area contributed by atoms with Crippen molar-refractivity contribution in [2.45, 2.75) is 20.0 Å². The molecule has 0 atom stereocenters. The quantitative estimate of drug-likeness (QED) is 0.771. The van der Waals surface area contributed by atoms with Crippen molar-refractivity contribution in [1.29, 1.82) is 0 Å². The average Bonchev–Trinajstić information content (AvgIpc) is 2.48. The van der Waals surface area contributed by atoms with Crippen LogP contribution in [0.15, 0.2) is 61.2 Å². The summed E-state index contributed by atoms with van der Waals surface area (Å²) < 4.78 is 5.46. The first-order valence-electron chi connectivity index (χ1n) is 6.87. The lowest BCUT2D eigenvalue weighted by atomic mass is 10.1. The Kier molecular flexibility index (Phi) is 7.59. The third kappa shape index (κ3) is 6.03. The highest BCUT2D eigenvalue weighted by Crippen LogP contribution is 2.12. The van der Waals surface area contributed by atoms with Gasteiger partial charge in [-0.15, -0.1) is 12.4 Å². The van der Waals surface area contributed by atoms with Crippen molar-refractivity contribution >= 4 is 12.4 Å². The molecule has 2 aromatic carbocycles. The second kappa shape index (κ2) is 9.22. The minimum absolute atomic E-state index is 0. The van der Waals surface area contributed by atoms with Crippen LogP contribution in [-0.4, -0.2) is 6.61 Å². The second-order valence-corrected chi connectivity index (χ2v) is 4.83. The van der Waals surface area contributed by atoms with E-state index in [1.54, 1.807) is 6.08 Å². The molecule has 0 amide bonds. The molecule has 0 aromatic heterocycles. The van der Waals surface area contributed by atoms with Crippen LogP contribution in [0.5, 0.6) is 5.75 Å². The van der Waals surface area contributed by atoms with Gasteiger partial charge in [0.25, 0.3) is 0 Å². The highest BCUT2D eigenvalue weighted by atomic mass is 35.5. The maximum absolute atomic E-state index is 5.46. The van der Waals surface area contributed by atoms with E-state index in [9.17, 15) is 0 Å². The van der Waals surface area contributed by atoms with Gasteiger partial charge in [-0.05, 0) is 30.2 Å². The Morgan fingerprint density at radius 2 is 1.48 bits per heavy atom. The van der Waals surface area contributed by atoms with Gasteiger partial charge < -0.3 is 10.1 Å². The molecule has 112 valence electrons. The highest BCUT2D eigenvalue weighted by Gasteiger charge is 1.96. The average molecular weight is 304 g/mol. The zero-order valence-corrected chi connectivity index (χ0v) is 13.2. The normalized spacial score (nSPS) is 9.76. The molecular formula is C18H22ClNO. The van der Waals surface area contributed by atoms with Crippen molar-refractivity contribution in [3.8, 4) is 5.75 Å². The SMILES string of the molecule is C=CCOc1ccc(CNCc2ccc(C)cc2)cc1.Cl. The van der Waals surface area contributed by atoms with Crippen molar-refractivity contribution in [2.24, 2.45) is 0 Å². The molecule has 0 heterocycles. The Hall–Kier alpha value is -1.77. The number of hydrogen-bond acceptors (Lipinski definition) is 2. The molecular weight excluding hydrogens is 282 g/mol. The molecule has 3 heteroatoms. The monoisotopic (exact) mass is 303 g/mol. The third-order valence-electron chi connectivity index (χ3n) is 3.07. The summed E-state index contributed by atoms with van der Waals surface area (Å²) in [6.07, 6.45) is 1.75. The predicted molar refractivity (Wildman–Crippen MR) is 91.1 cm³/mol. The van der Waals surface area contributed by atoms with E-state index < -0.39 is 0 Å². The Morgan fingerprint density at radius 3 is 2.00 bits per heavy atom. The van der Waals surface area contributed by atoms with Gasteiger partial charge in [0.05, 0.1) is 0 Å². The Bertz CT molecular complexity index is 534. The molecule has 21 heavy (non-hydrogen) atoms. The molecule has 0 aliphatic carbocycles. The third-order valence-corrected chi connectivity index (χ3v) is 3.07. The van der Waals surface area contributed by atoms with Crippen molar-refractivity contribution in [3.63, 3.8) is 0 Å². The summed E-state index contributed by atoms with van der Waals surface area (Å²) in [5.74, 6) is 0.882. The molecule has 0 bridgehead atoms. The first kappa shape index (κ1) is 17.3. The fourth-order valence-corrected chi connectivity index (χ4v) is 1.92. The van der Waals surface area contributed by atoms with Crippen LogP contribution in [0.2, 0.25) is 0 Å². The van der Waals surface area contributed by atoms with Gasteiger partial charge in [-0.1, -0.05) is 54.6 Å². The maximum atomic E-state index is 5.46. The van der Waals surface area contributed by atoms with E-state index in [0.717, 1.165) is 18.8 Å². The van der Waals surface area contributed by atoms with Crippen LogP contribution >= 0.6 is 12.4 Å². The molecule has 0 spiro atoms. The van der Waals surface area contributed by atoms with Gasteiger partial charge in [0.1, 0.15) is 12.4 Å². The summed E-state index contributed by atoms with van der Waals surface area (Å²) in [6, 6.07) is 16.8. The summed E-state index contributed by atoms with van der Waals surface area (Å²) in [7, 11) is 0. The molecule has 0 fully saturated rings. The van der Waals surface area contributed by atoms with E-state index in [4.69, 9.17) is 4.74 Å². The van der Waals surface area contributed by atoms with E-state index in [1.807, 2.05) is 12.1 Å². The molecule has 0 unspecified atom stereocenters. The zero-order chi connectivity index (χ0) is 14.2. The summed E-state index contributed by atoms with van der Waals surface area (Å²) in [5.41, 5.74) is 3.86. The number of hydrogen-bond donors (Lipinski definition) is 1. The molecule has 2 rings (SSSR count). The number of ether oxygens (including phenoxy) is 1. The molecule has 2 aromatic rings. The smallest absolute Gasteiger partial charge is 0.119 e. The van der Waals surface area contributed by atoms with Crippen molar-refractivity contribution < 1.29 is 4.74 Å². The van der Waals surface area contributed by atoms with Crippen LogP contribution in [0.4, 0.5) is 0 Å². The van der Waals surface area contributed by atoms with E-state index in [0.29, 0.717) is 6.61 Å². The standard InChI is InChI=1S/C18H21NO.ClH/c1-3-12-20-18-10-8-17(9-11-18)14-19-13-16-6-4-15(2)5-7-16;/h3-11,19H,1,12-14H2,2H3;1H. The van der Waals surface area contributed by atoms with Gasteiger partial charge in [-0.25, -0.2) is 0 Å². The second-order valence-electron chi connectivity index (χ2n) is 4.83. The van der Waals surface area contributed by atoms with Gasteiger partial charge in [-0.3, -0.25) is 0 Å². The van der Waals surface area contributed by atoms with Gasteiger partial charge in [0, 0.05) is 13.1 Å². The van der Waals surface area contributed by atoms with E-state index in [2.05, 4.69) is 55.2 Å². The van der Waals surface area contributed by atoms with Crippen LogP contribution in [-0.2, 0) is 13.1 Å². The number of aryl methyl sites for hydroxylation is 1. The number of benzene rings is 2. The van der Waals surface area contributed by atoms with Gasteiger partial charge in [0.15, 0.2) is 0 Å². The van der Waals surface area contributed by atoms with Crippen LogP contribution in [0, 0.1) is 6.92 Å². The van der Waals surface area contributed by atoms with Crippen molar-refractivity contribution in [1.82, 2.24) is 5.32 Å². The number of halogens is 1. The van der Waals surface area contributed by atoms with Crippen LogP contribution in [0.25, 0.3) is 0 Å². The van der Waals surface area contributed by atoms with E-state index in [-0.39, 0.29) is 12.4 Å². The molecule has 0 radical (unpaired) electrons. The van der Waals surface area contributed by atoms with Gasteiger partial charge in [0.2, 0.25) is 0 Å². The zero-order valence-electron chi connectivity index (χ0n) is 12.3. The highest BCUT2D eigenvalue weighted by molar-refractivity contribution is 5.85. The first-order valence-corrected chi connectivity index (χ1v) is 6.87. The summed E-state index contributed by atoms with van der Waals surface area (Å²) in [4.78, 5) is 0. The summed E-state index contributed by atoms with van der Waals surface area (Å²) in [6.45, 7) is 8.02. The lowest BCUT2D eigenvalue weighted by Crippen LogP contribution is -2.12. The van der Waals surface area contributed by atoms with E-state index in [1.165, 1.54) is 16.7 Å². The molecule has 2 nitrogen and oxygen atoms in total. The van der Waals surface area contributed by atoms with Crippen LogP contribution in [0.1, 0.15) is 16.7 Å². The molecule has 0 saturated heterocycles. The minimum Gasteiger partial charge on any atom is -0.490 e. The topological polar surface area (TPSA) is 21.3 Å². The number of nitrogens with one attached hydrogen (secondary N) is 1. The fraction of sp³-hybridized carbons (Fsp3) is 0.222. The number of rotatable bonds is 7. The maximum Gasteiger partial charge on any atom is 0.119 e. The minimum atomic E-state index is 0. The Labute approximate surface area is 133 Å². The Morgan fingerprint density at radius 1 is 0.952 bits per heavy atom. The van der Waals surface area contributed by atoms with Crippen LogP contribution in [0.3, 0.4) is 0 Å². The molecule has 1 N–H and O–H groups in total. The van der Waals surface area contributed by atoms with Gasteiger partial charge >= 0.3 is 0 Å². The van der Waals surface area contributed by atoms with Crippen LogP contribution < -0.4 is 10.1 Å². The largest absolute Gasteiger partial charge is 0.490 e. The van der Waals surface area contributed by atoms with Crippen molar-refractivity contribution in [2.75, 3.05) is 6.61 Å². The molecule has 0 aliphatic rings. The van der Waals surface area contributed by atoms with Crippen molar-refractivity contribution in [3.05, 3.63) is 77.9 Å². The van der Waals surface area contributed by atoms with E-state index >= 15 is 0 Å². The first-order chi connectivity index (χ1) is 9.78. The molecule has 0 saturated carbocycles. The molecule has 0 aliphatic heterocycles. The lowest BCUT2D eigenvalue weighted by Gasteiger charge is -2.07. The summed E-state index contributed by atoms with van der Waals surface area (Å²) >= 11 is 0. The summed E-state index contributed by atoms with van der Waals surface area (Å²) in [5, 5.41) is 3.44. The fourth-order valence-electron chi connectivity index (χ4n) is 1.92. The van der Waals surface area contributed by atoms with Gasteiger partial charge in [-0.2, -0.15) is 0 Å². The Balaban J connectivity index is 0.00000220. The predicted octanol–water partition coefficient (Wildman–Crippen LogP) is 4.27.